The molecule has 0 aromatic heterocycles. The second kappa shape index (κ2) is 17.4. The average Bonchev–Trinajstić information content (AvgIpc) is 2.96. The minimum atomic E-state index is -1.03. The zero-order valence-corrected chi connectivity index (χ0v) is 26.8. The first kappa shape index (κ1) is 35.4. The molecule has 2 aromatic rings. The number of carboxylic acid groups (broad SMARTS) is 1. The first-order valence-electron chi connectivity index (χ1n) is 15.0. The topological polar surface area (TPSA) is 120 Å². The van der Waals surface area contributed by atoms with Gasteiger partial charge in [-0.25, -0.2) is 0 Å². The van der Waals surface area contributed by atoms with Crippen molar-refractivity contribution in [2.24, 2.45) is 0 Å². The Morgan fingerprint density at radius 1 is 0.907 bits per heavy atom. The number of hydrogen-bond donors (Lipinski definition) is 2. The van der Waals surface area contributed by atoms with Crippen molar-refractivity contribution in [1.29, 1.82) is 0 Å². The van der Waals surface area contributed by atoms with Crippen molar-refractivity contribution in [3.05, 3.63) is 47.0 Å². The summed E-state index contributed by atoms with van der Waals surface area (Å²) < 4.78 is 22.0. The Labute approximate surface area is 256 Å². The van der Waals surface area contributed by atoms with E-state index in [9.17, 15) is 14.4 Å². The Hall–Kier alpha value is -3.75. The van der Waals surface area contributed by atoms with Crippen LogP contribution in [0.2, 0.25) is 0 Å². The van der Waals surface area contributed by atoms with Crippen molar-refractivity contribution in [3.8, 4) is 17.2 Å². The second-order valence-corrected chi connectivity index (χ2v) is 11.7. The molecule has 0 heterocycles. The van der Waals surface area contributed by atoms with Crippen LogP contribution < -0.4 is 19.5 Å². The molecular weight excluding hydrogens is 550 g/mol. The van der Waals surface area contributed by atoms with E-state index < -0.39 is 11.9 Å². The number of methoxy groups -OCH3 is 3. The van der Waals surface area contributed by atoms with E-state index in [2.05, 4.69) is 33.0 Å². The lowest BCUT2D eigenvalue weighted by Crippen LogP contribution is -2.21. The molecule has 0 spiro atoms. The maximum Gasteiger partial charge on any atom is 0.306 e. The van der Waals surface area contributed by atoms with Gasteiger partial charge in [-0.15, -0.1) is 0 Å². The number of aliphatic carboxylic acids is 1. The minimum Gasteiger partial charge on any atom is -0.493 e. The smallest absolute Gasteiger partial charge is 0.306 e. The number of unbranched alkanes of at least 4 members (excludes halogenated alkanes) is 2. The number of aryl methyl sites for hydroxylation is 1. The SMILES string of the molecule is CCCCCC(CC(=O)Nc1cc(CCCOC(=O)CCC(=O)O)ccc1C(C)(C)C)c1ccc(OC)c(OC)c1OC. The minimum absolute atomic E-state index is 0.0848. The first-order chi connectivity index (χ1) is 20.4. The molecule has 2 rings (SSSR count). The van der Waals surface area contributed by atoms with Gasteiger partial charge in [-0.1, -0.05) is 65.2 Å². The van der Waals surface area contributed by atoms with E-state index in [0.717, 1.165) is 48.1 Å². The fraction of sp³-hybridized carbons (Fsp3) is 0.559. The molecule has 238 valence electrons. The molecule has 0 aliphatic carbocycles. The van der Waals surface area contributed by atoms with Gasteiger partial charge in [0.05, 0.1) is 40.8 Å². The molecule has 1 amide bonds. The number of benzene rings is 2. The molecule has 0 saturated heterocycles. The van der Waals surface area contributed by atoms with Gasteiger partial charge in [-0.05, 0) is 53.9 Å². The Morgan fingerprint density at radius 2 is 1.63 bits per heavy atom. The third kappa shape index (κ3) is 11.1. The standard InChI is InChI=1S/C34H49NO8/c1-8-9-10-13-24(25-15-17-28(40-5)33(42-7)32(25)41-6)22-29(36)35-27-21-23(14-16-26(27)34(2,3)4)12-11-20-43-31(39)19-18-30(37)38/h14-17,21,24H,8-13,18-20,22H2,1-7H3,(H,35,36)(H,37,38). The molecule has 0 radical (unpaired) electrons. The molecule has 0 fully saturated rings. The zero-order valence-electron chi connectivity index (χ0n) is 26.8. The normalized spacial score (nSPS) is 11.9. The first-order valence-corrected chi connectivity index (χ1v) is 15.0. The summed E-state index contributed by atoms with van der Waals surface area (Å²) in [6, 6.07) is 9.88. The van der Waals surface area contributed by atoms with Crippen LogP contribution in [0.5, 0.6) is 17.2 Å². The van der Waals surface area contributed by atoms with E-state index >= 15 is 0 Å². The average molecular weight is 600 g/mol. The number of nitrogens with one attached hydrogen (secondary N) is 1. The highest BCUT2D eigenvalue weighted by Gasteiger charge is 2.26. The van der Waals surface area contributed by atoms with E-state index in [0.29, 0.717) is 30.1 Å². The summed E-state index contributed by atoms with van der Waals surface area (Å²) in [4.78, 5) is 36.0. The van der Waals surface area contributed by atoms with E-state index in [4.69, 9.17) is 24.1 Å². The summed E-state index contributed by atoms with van der Waals surface area (Å²) >= 11 is 0. The molecule has 0 bridgehead atoms. The lowest BCUT2D eigenvalue weighted by atomic mass is 9.84. The van der Waals surface area contributed by atoms with E-state index in [1.807, 2.05) is 30.3 Å². The lowest BCUT2D eigenvalue weighted by Gasteiger charge is -2.25. The van der Waals surface area contributed by atoms with Gasteiger partial charge in [0.1, 0.15) is 0 Å². The molecule has 0 aliphatic heterocycles. The molecule has 9 nitrogen and oxygen atoms in total. The highest BCUT2D eigenvalue weighted by molar-refractivity contribution is 5.92. The number of rotatable bonds is 18. The zero-order chi connectivity index (χ0) is 32.0. The van der Waals surface area contributed by atoms with Crippen molar-refractivity contribution >= 4 is 23.5 Å². The van der Waals surface area contributed by atoms with Gasteiger partial charge in [-0.3, -0.25) is 14.4 Å². The number of carboxylic acids is 1. The van der Waals surface area contributed by atoms with Gasteiger partial charge >= 0.3 is 11.9 Å². The summed E-state index contributed by atoms with van der Waals surface area (Å²) in [6.07, 6.45) is 5.07. The van der Waals surface area contributed by atoms with Crippen LogP contribution in [0.15, 0.2) is 30.3 Å². The molecule has 1 unspecified atom stereocenters. The third-order valence-electron chi connectivity index (χ3n) is 7.34. The fourth-order valence-electron chi connectivity index (χ4n) is 5.13. The Morgan fingerprint density at radius 3 is 2.23 bits per heavy atom. The second-order valence-electron chi connectivity index (χ2n) is 11.7. The lowest BCUT2D eigenvalue weighted by molar-refractivity contribution is -0.147. The molecular formula is C34H49NO8. The Kier molecular flexibility index (Phi) is 14.3. The van der Waals surface area contributed by atoms with Gasteiger partial charge in [0, 0.05) is 17.7 Å². The number of amides is 1. The molecule has 1 atom stereocenters. The largest absolute Gasteiger partial charge is 0.493 e. The predicted octanol–water partition coefficient (Wildman–Crippen LogP) is 7.04. The Bertz CT molecular complexity index is 1220. The molecule has 0 aliphatic rings. The number of hydrogen-bond acceptors (Lipinski definition) is 7. The van der Waals surface area contributed by atoms with Gasteiger partial charge < -0.3 is 29.4 Å². The molecule has 2 N–H and O–H groups in total. The maximum absolute atomic E-state index is 13.6. The van der Waals surface area contributed by atoms with Crippen molar-refractivity contribution in [1.82, 2.24) is 0 Å². The Balaban J connectivity index is 2.24. The van der Waals surface area contributed by atoms with Gasteiger partial charge in [0.15, 0.2) is 11.5 Å². The van der Waals surface area contributed by atoms with Gasteiger partial charge in [0.25, 0.3) is 0 Å². The number of anilines is 1. The monoisotopic (exact) mass is 599 g/mol. The van der Waals surface area contributed by atoms with Crippen LogP contribution in [0.4, 0.5) is 5.69 Å². The van der Waals surface area contributed by atoms with Crippen molar-refractivity contribution in [3.63, 3.8) is 0 Å². The van der Waals surface area contributed by atoms with Crippen LogP contribution in [0.3, 0.4) is 0 Å². The van der Waals surface area contributed by atoms with Crippen molar-refractivity contribution in [2.75, 3.05) is 33.3 Å². The summed E-state index contributed by atoms with van der Waals surface area (Å²) in [5.41, 5.74) is 3.50. The van der Waals surface area contributed by atoms with E-state index in [1.165, 1.54) is 0 Å². The summed E-state index contributed by atoms with van der Waals surface area (Å²) in [7, 11) is 4.76. The maximum atomic E-state index is 13.6. The van der Waals surface area contributed by atoms with Crippen LogP contribution in [0.1, 0.15) is 102 Å². The molecule has 0 saturated carbocycles. The number of ether oxygens (including phenoxy) is 4. The van der Waals surface area contributed by atoms with Gasteiger partial charge in [-0.2, -0.15) is 0 Å². The van der Waals surface area contributed by atoms with Crippen LogP contribution in [0, 0.1) is 0 Å². The number of esters is 1. The van der Waals surface area contributed by atoms with E-state index in [1.54, 1.807) is 21.3 Å². The fourth-order valence-corrected chi connectivity index (χ4v) is 5.13. The number of carbonyl (C=O) groups is 3. The van der Waals surface area contributed by atoms with Crippen LogP contribution >= 0.6 is 0 Å². The van der Waals surface area contributed by atoms with Crippen LogP contribution in [-0.2, 0) is 31.0 Å². The highest BCUT2D eigenvalue weighted by Crippen LogP contribution is 2.44. The predicted molar refractivity (Wildman–Crippen MR) is 168 cm³/mol. The van der Waals surface area contributed by atoms with Crippen LogP contribution in [0.25, 0.3) is 0 Å². The molecule has 2 aromatic carbocycles. The van der Waals surface area contributed by atoms with Crippen molar-refractivity contribution in [2.45, 2.75) is 96.8 Å². The quantitative estimate of drug-likeness (QED) is 0.138. The van der Waals surface area contributed by atoms with Crippen molar-refractivity contribution < 1.29 is 38.4 Å². The number of carbonyl (C=O) groups excluding carboxylic acids is 2. The molecule has 9 heteroatoms. The van der Waals surface area contributed by atoms with E-state index in [-0.39, 0.29) is 43.1 Å². The summed E-state index contributed by atoms with van der Waals surface area (Å²) in [5, 5.41) is 11.9. The van der Waals surface area contributed by atoms with Gasteiger partial charge in [0.2, 0.25) is 11.7 Å². The molecule has 43 heavy (non-hydrogen) atoms. The summed E-state index contributed by atoms with van der Waals surface area (Å²) in [5.74, 6) is -0.0530. The van der Waals surface area contributed by atoms with Crippen LogP contribution in [-0.4, -0.2) is 50.9 Å². The highest BCUT2D eigenvalue weighted by atomic mass is 16.5. The summed E-state index contributed by atoms with van der Waals surface area (Å²) in [6.45, 7) is 8.68. The third-order valence-corrected chi connectivity index (χ3v) is 7.34.